The molecule has 0 unspecified atom stereocenters. The first-order valence-electron chi connectivity index (χ1n) is 5.15. The summed E-state index contributed by atoms with van der Waals surface area (Å²) in [6.07, 6.45) is 2.25. The molecule has 2 rings (SSSR count). The Morgan fingerprint density at radius 2 is 2.11 bits per heavy atom. The lowest BCUT2D eigenvalue weighted by atomic mass is 10.4. The summed E-state index contributed by atoms with van der Waals surface area (Å²) in [5.41, 5.74) is 4.83. The molecule has 0 saturated heterocycles. The highest BCUT2D eigenvalue weighted by Crippen LogP contribution is 2.12. The van der Waals surface area contributed by atoms with Crippen molar-refractivity contribution in [3.63, 3.8) is 0 Å². The second-order valence-electron chi connectivity index (χ2n) is 3.77. The van der Waals surface area contributed by atoms with Crippen LogP contribution in [0.2, 0.25) is 0 Å². The fraction of sp³-hybridized carbons (Fsp3) is 0.100. The number of aromatic nitrogens is 3. The Morgan fingerprint density at radius 3 is 2.74 bits per heavy atom. The SMILES string of the molecule is CS(=O)(=O)c1cccc(Nc2ncc(N)c(=O)[nH]2)n1. The number of H-pyrrole nitrogens is 1. The van der Waals surface area contributed by atoms with Gasteiger partial charge in [-0.15, -0.1) is 0 Å². The van der Waals surface area contributed by atoms with Crippen LogP contribution in [0.4, 0.5) is 17.5 Å². The van der Waals surface area contributed by atoms with Crippen LogP contribution < -0.4 is 16.6 Å². The molecular weight excluding hydrogens is 270 g/mol. The molecule has 0 atom stereocenters. The molecular formula is C10H11N5O3S. The number of nitrogen functional groups attached to an aromatic ring is 1. The minimum atomic E-state index is -3.40. The number of hydrogen-bond acceptors (Lipinski definition) is 7. The third-order valence-electron chi connectivity index (χ3n) is 2.18. The number of nitrogens with one attached hydrogen (secondary N) is 2. The molecule has 4 N–H and O–H groups in total. The van der Waals surface area contributed by atoms with Crippen LogP contribution in [0.25, 0.3) is 0 Å². The van der Waals surface area contributed by atoms with Gasteiger partial charge >= 0.3 is 0 Å². The van der Waals surface area contributed by atoms with E-state index in [9.17, 15) is 13.2 Å². The van der Waals surface area contributed by atoms with E-state index in [4.69, 9.17) is 5.73 Å². The lowest BCUT2D eigenvalue weighted by Crippen LogP contribution is -2.14. The van der Waals surface area contributed by atoms with Gasteiger partial charge in [0.15, 0.2) is 14.9 Å². The number of nitrogens with zero attached hydrogens (tertiary/aromatic N) is 2. The van der Waals surface area contributed by atoms with Gasteiger partial charge < -0.3 is 11.1 Å². The van der Waals surface area contributed by atoms with E-state index in [1.165, 1.54) is 18.3 Å². The minimum absolute atomic E-state index is 0.0107. The maximum absolute atomic E-state index is 11.4. The summed E-state index contributed by atoms with van der Waals surface area (Å²) in [5.74, 6) is 0.369. The summed E-state index contributed by atoms with van der Waals surface area (Å²) in [4.78, 5) is 21.4. The zero-order chi connectivity index (χ0) is 14.0. The molecule has 0 aliphatic heterocycles. The minimum Gasteiger partial charge on any atom is -0.393 e. The van der Waals surface area contributed by atoms with E-state index in [1.54, 1.807) is 6.07 Å². The van der Waals surface area contributed by atoms with E-state index >= 15 is 0 Å². The van der Waals surface area contributed by atoms with E-state index in [0.717, 1.165) is 6.26 Å². The smallest absolute Gasteiger partial charge is 0.275 e. The Hall–Kier alpha value is -2.42. The van der Waals surface area contributed by atoms with Gasteiger partial charge in [0, 0.05) is 6.26 Å². The maximum Gasteiger partial charge on any atom is 0.275 e. The first-order valence-corrected chi connectivity index (χ1v) is 7.04. The van der Waals surface area contributed by atoms with Crippen molar-refractivity contribution in [2.24, 2.45) is 0 Å². The molecule has 0 bridgehead atoms. The number of nitrogens with two attached hydrogens (primary N) is 1. The molecule has 100 valence electrons. The molecule has 2 aromatic rings. The highest BCUT2D eigenvalue weighted by Gasteiger charge is 2.09. The van der Waals surface area contributed by atoms with Crippen LogP contribution in [-0.4, -0.2) is 29.6 Å². The lowest BCUT2D eigenvalue weighted by molar-refractivity contribution is 0.598. The van der Waals surface area contributed by atoms with Gasteiger partial charge in [-0.3, -0.25) is 9.78 Å². The highest BCUT2D eigenvalue weighted by molar-refractivity contribution is 7.90. The van der Waals surface area contributed by atoms with Crippen LogP contribution in [0.1, 0.15) is 0 Å². The monoisotopic (exact) mass is 281 g/mol. The van der Waals surface area contributed by atoms with Gasteiger partial charge in [0.2, 0.25) is 5.95 Å². The molecule has 0 aliphatic carbocycles. The van der Waals surface area contributed by atoms with Crippen LogP contribution in [0.3, 0.4) is 0 Å². The molecule has 0 amide bonds. The largest absolute Gasteiger partial charge is 0.393 e. The second-order valence-corrected chi connectivity index (χ2v) is 5.74. The average molecular weight is 281 g/mol. The van der Waals surface area contributed by atoms with Crippen molar-refractivity contribution in [3.8, 4) is 0 Å². The lowest BCUT2D eigenvalue weighted by Gasteiger charge is -2.05. The van der Waals surface area contributed by atoms with E-state index in [-0.39, 0.29) is 22.5 Å². The van der Waals surface area contributed by atoms with Crippen LogP contribution in [0, 0.1) is 0 Å². The zero-order valence-corrected chi connectivity index (χ0v) is 10.7. The molecule has 2 heterocycles. The van der Waals surface area contributed by atoms with Crippen molar-refractivity contribution in [1.82, 2.24) is 15.0 Å². The fourth-order valence-electron chi connectivity index (χ4n) is 1.28. The summed E-state index contributed by atoms with van der Waals surface area (Å²) < 4.78 is 22.7. The van der Waals surface area contributed by atoms with E-state index < -0.39 is 15.4 Å². The third-order valence-corrected chi connectivity index (χ3v) is 3.16. The molecule has 9 heteroatoms. The Morgan fingerprint density at radius 1 is 1.37 bits per heavy atom. The predicted octanol–water partition coefficient (Wildman–Crippen LogP) is -0.106. The number of sulfone groups is 1. The molecule has 2 aromatic heterocycles. The first kappa shape index (κ1) is 13.0. The third kappa shape index (κ3) is 3.07. The van der Waals surface area contributed by atoms with Gasteiger partial charge in [0.05, 0.1) is 6.20 Å². The van der Waals surface area contributed by atoms with E-state index in [2.05, 4.69) is 20.3 Å². The zero-order valence-electron chi connectivity index (χ0n) is 9.91. The van der Waals surface area contributed by atoms with Crippen molar-refractivity contribution < 1.29 is 8.42 Å². The molecule has 0 saturated carbocycles. The van der Waals surface area contributed by atoms with Crippen molar-refractivity contribution >= 4 is 27.3 Å². The number of anilines is 3. The number of rotatable bonds is 3. The van der Waals surface area contributed by atoms with Gasteiger partial charge in [-0.25, -0.2) is 18.4 Å². The Kier molecular flexibility index (Phi) is 3.21. The van der Waals surface area contributed by atoms with Crippen molar-refractivity contribution in [1.29, 1.82) is 0 Å². The van der Waals surface area contributed by atoms with Crippen molar-refractivity contribution in [2.45, 2.75) is 5.03 Å². The van der Waals surface area contributed by atoms with Crippen LogP contribution in [0.15, 0.2) is 34.2 Å². The Labute approximate surface area is 108 Å². The second kappa shape index (κ2) is 4.69. The van der Waals surface area contributed by atoms with Crippen molar-refractivity contribution in [2.75, 3.05) is 17.3 Å². The van der Waals surface area contributed by atoms with E-state index in [1.807, 2.05) is 0 Å². The molecule has 19 heavy (non-hydrogen) atoms. The Balaban J connectivity index is 2.33. The summed E-state index contributed by atoms with van der Waals surface area (Å²) >= 11 is 0. The van der Waals surface area contributed by atoms with Gasteiger partial charge in [0.25, 0.3) is 5.56 Å². The predicted molar refractivity (Wildman–Crippen MR) is 69.9 cm³/mol. The standard InChI is InChI=1S/C10H11N5O3S/c1-19(17,18)8-4-2-3-7(13-8)14-10-12-5-6(11)9(16)15-10/h2-5H,11H2,1H3,(H2,12,13,14,15,16). The first-order chi connectivity index (χ1) is 8.86. The topological polar surface area (TPSA) is 131 Å². The molecule has 0 aliphatic rings. The summed E-state index contributed by atoms with van der Waals surface area (Å²) in [6, 6.07) is 4.45. The number of aromatic amines is 1. The average Bonchev–Trinajstić information content (AvgIpc) is 2.33. The molecule has 0 spiro atoms. The number of hydrogen-bond donors (Lipinski definition) is 3. The Bertz CT molecular complexity index is 769. The van der Waals surface area contributed by atoms with E-state index in [0.29, 0.717) is 0 Å². The van der Waals surface area contributed by atoms with Gasteiger partial charge in [-0.1, -0.05) is 6.07 Å². The van der Waals surface area contributed by atoms with Crippen LogP contribution >= 0.6 is 0 Å². The van der Waals surface area contributed by atoms with Gasteiger partial charge in [-0.05, 0) is 12.1 Å². The molecule has 0 aromatic carbocycles. The molecule has 0 radical (unpaired) electrons. The summed E-state index contributed by atoms with van der Waals surface area (Å²) in [6.45, 7) is 0. The molecule has 0 fully saturated rings. The normalized spacial score (nSPS) is 11.2. The fourth-order valence-corrected chi connectivity index (χ4v) is 1.87. The molecule has 8 nitrogen and oxygen atoms in total. The van der Waals surface area contributed by atoms with Crippen molar-refractivity contribution in [3.05, 3.63) is 34.7 Å². The summed E-state index contributed by atoms with van der Waals surface area (Å²) in [5, 5.41) is 2.61. The summed E-state index contributed by atoms with van der Waals surface area (Å²) in [7, 11) is -3.40. The van der Waals surface area contributed by atoms with Gasteiger partial charge in [-0.2, -0.15) is 0 Å². The van der Waals surface area contributed by atoms with Crippen LogP contribution in [0.5, 0.6) is 0 Å². The quantitative estimate of drug-likeness (QED) is 0.715. The van der Waals surface area contributed by atoms with Gasteiger partial charge in [0.1, 0.15) is 11.5 Å². The highest BCUT2D eigenvalue weighted by atomic mass is 32.2. The maximum atomic E-state index is 11.4. The van der Waals surface area contributed by atoms with Crippen LogP contribution in [-0.2, 0) is 9.84 Å². The number of pyridine rings is 1.